The van der Waals surface area contributed by atoms with Crippen LogP contribution in [0.15, 0.2) is 73.1 Å². The van der Waals surface area contributed by atoms with Crippen LogP contribution in [0.2, 0.25) is 0 Å². The summed E-state index contributed by atoms with van der Waals surface area (Å²) in [5, 5.41) is 9.49. The molecule has 2 saturated heterocycles. The average Bonchev–Trinajstić information content (AvgIpc) is 3.96. The van der Waals surface area contributed by atoms with E-state index in [0.29, 0.717) is 23.8 Å². The van der Waals surface area contributed by atoms with Gasteiger partial charge in [0.1, 0.15) is 5.56 Å². The van der Waals surface area contributed by atoms with Gasteiger partial charge in [0.15, 0.2) is 0 Å². The molecule has 0 spiro atoms. The van der Waals surface area contributed by atoms with Crippen molar-refractivity contribution in [2.45, 2.75) is 26.4 Å². The number of fused-ring (bicyclic) bond motifs is 2. The highest BCUT2D eigenvalue weighted by Crippen LogP contribution is 2.46. The highest BCUT2D eigenvalue weighted by molar-refractivity contribution is 5.94. The smallest absolute Gasteiger partial charge is 0.341 e. The molecule has 0 radical (unpaired) electrons. The summed E-state index contributed by atoms with van der Waals surface area (Å²) in [4.78, 5) is 34.9. The maximum absolute atomic E-state index is 12.2. The summed E-state index contributed by atoms with van der Waals surface area (Å²) in [7, 11) is 0. The molecule has 8 rings (SSSR count). The fourth-order valence-corrected chi connectivity index (χ4v) is 6.46. The quantitative estimate of drug-likeness (QED) is 0.228. The second kappa shape index (κ2) is 13.8. The first kappa shape index (κ1) is 30.7. The van der Waals surface area contributed by atoms with E-state index in [1.807, 2.05) is 85.0 Å². The van der Waals surface area contributed by atoms with Crippen molar-refractivity contribution in [3.8, 4) is 0 Å². The molecule has 4 fully saturated rings. The fraction of sp³-hybridized carbons (Fsp3) is 0.342. The fourth-order valence-electron chi connectivity index (χ4n) is 6.46. The van der Waals surface area contributed by atoms with E-state index >= 15 is 0 Å². The Bertz CT molecular complexity index is 1740. The van der Waals surface area contributed by atoms with Gasteiger partial charge in [0.2, 0.25) is 11.9 Å². The Labute approximate surface area is 275 Å². The minimum atomic E-state index is -0.383. The zero-order valence-electron chi connectivity index (χ0n) is 26.7. The van der Waals surface area contributed by atoms with Gasteiger partial charge in [-0.25, -0.2) is 24.7 Å². The van der Waals surface area contributed by atoms with Gasteiger partial charge >= 0.3 is 5.97 Å². The molecule has 4 aromatic rings. The minimum absolute atomic E-state index is 0.0417. The van der Waals surface area contributed by atoms with Crippen molar-refractivity contribution in [1.82, 2.24) is 19.9 Å². The molecule has 2 aliphatic heterocycles. The highest BCUT2D eigenvalue weighted by Gasteiger charge is 2.46. The predicted molar refractivity (Wildman–Crippen MR) is 184 cm³/mol. The van der Waals surface area contributed by atoms with E-state index in [0.717, 1.165) is 78.2 Å². The Balaban J connectivity index is 0.000000151. The third kappa shape index (κ3) is 7.41. The summed E-state index contributed by atoms with van der Waals surface area (Å²) in [6.07, 6.45) is 13.8. The molecule has 240 valence electrons. The van der Waals surface area contributed by atoms with E-state index in [-0.39, 0.29) is 12.6 Å². The van der Waals surface area contributed by atoms with Gasteiger partial charge in [-0.1, -0.05) is 72.8 Å². The number of aromatic nitrogens is 4. The zero-order valence-corrected chi connectivity index (χ0v) is 26.7. The van der Waals surface area contributed by atoms with Crippen LogP contribution in [-0.4, -0.2) is 63.8 Å². The van der Waals surface area contributed by atoms with Gasteiger partial charge in [0, 0.05) is 44.1 Å². The van der Waals surface area contributed by atoms with Crippen LogP contribution < -0.4 is 9.80 Å². The molecular weight excluding hydrogens is 588 g/mol. The first-order valence-corrected chi connectivity index (χ1v) is 16.5. The van der Waals surface area contributed by atoms with Crippen LogP contribution in [0.5, 0.6) is 0 Å². The molecule has 4 aliphatic rings. The van der Waals surface area contributed by atoms with Crippen LogP contribution in [0.4, 0.5) is 11.9 Å². The number of aliphatic hydroxyl groups is 1. The summed E-state index contributed by atoms with van der Waals surface area (Å²) in [5.74, 6) is 4.42. The van der Waals surface area contributed by atoms with E-state index in [1.54, 1.807) is 19.3 Å². The number of rotatable bonds is 9. The largest absolute Gasteiger partial charge is 0.462 e. The van der Waals surface area contributed by atoms with E-state index < -0.39 is 0 Å². The number of benzene rings is 2. The number of carbonyl (C=O) groups excluding carboxylic acids is 1. The highest BCUT2D eigenvalue weighted by atomic mass is 16.5. The molecule has 47 heavy (non-hydrogen) atoms. The van der Waals surface area contributed by atoms with Crippen molar-refractivity contribution in [2.75, 3.05) is 42.6 Å². The first-order valence-electron chi connectivity index (χ1n) is 16.5. The number of hydrogen-bond acceptors (Lipinski definition) is 9. The molecule has 2 aromatic carbocycles. The standard InChI is InChI=1S/C20H21N3O2.C18H19N3O/c1-2-25-19(24)17-11-21-20(23-12-15-10-16(15)13-23)22-18(17)9-8-14-6-4-3-5-7-14;22-12-16-9-19-18(21-10-14-8-15(14)11-21)20-17(16)7-6-13-4-2-1-3-5-13/h3-9,11,15-16H,2,10,12-13H2,1H3;1-7,9,14-15,22H,8,10-12H2/b9-8+;7-6+. The number of anilines is 2. The van der Waals surface area contributed by atoms with Crippen LogP contribution in [-0.2, 0) is 11.3 Å². The number of piperidine rings is 2. The third-order valence-corrected chi connectivity index (χ3v) is 9.35. The molecular formula is C38H40N6O3. The van der Waals surface area contributed by atoms with Crippen molar-refractivity contribution in [2.24, 2.45) is 23.7 Å². The van der Waals surface area contributed by atoms with Crippen LogP contribution in [0.25, 0.3) is 24.3 Å². The molecule has 2 aliphatic carbocycles. The summed E-state index contributed by atoms with van der Waals surface area (Å²) >= 11 is 0. The third-order valence-electron chi connectivity index (χ3n) is 9.35. The van der Waals surface area contributed by atoms with Gasteiger partial charge in [-0.2, -0.15) is 0 Å². The number of nitrogens with zero attached hydrogens (tertiary/aromatic N) is 6. The van der Waals surface area contributed by atoms with Crippen molar-refractivity contribution in [3.05, 3.63) is 107 Å². The number of esters is 1. The van der Waals surface area contributed by atoms with E-state index in [2.05, 4.69) is 29.7 Å². The SMILES string of the molecule is CCOC(=O)c1cnc(N2CC3CC3C2)nc1/C=C/c1ccccc1.OCc1cnc(N2CC3CC3C2)nc1/C=C/c1ccccc1. The molecule has 9 nitrogen and oxygen atoms in total. The Morgan fingerprint density at radius 3 is 1.74 bits per heavy atom. The maximum atomic E-state index is 12.2. The number of aliphatic hydroxyl groups excluding tert-OH is 1. The topological polar surface area (TPSA) is 105 Å². The maximum Gasteiger partial charge on any atom is 0.341 e. The molecule has 9 heteroatoms. The van der Waals surface area contributed by atoms with Gasteiger partial charge in [-0.05, 0) is 66.7 Å². The molecule has 4 unspecified atom stereocenters. The number of ether oxygens (including phenoxy) is 1. The predicted octanol–water partition coefficient (Wildman–Crippen LogP) is 5.88. The lowest BCUT2D eigenvalue weighted by Crippen LogP contribution is -2.25. The van der Waals surface area contributed by atoms with Gasteiger partial charge in [0.25, 0.3) is 0 Å². The van der Waals surface area contributed by atoms with Gasteiger partial charge < -0.3 is 19.6 Å². The van der Waals surface area contributed by atoms with Gasteiger partial charge in [-0.3, -0.25) is 0 Å². The van der Waals surface area contributed by atoms with Gasteiger partial charge in [0.05, 0.1) is 24.6 Å². The van der Waals surface area contributed by atoms with Crippen LogP contribution >= 0.6 is 0 Å². The molecule has 2 aromatic heterocycles. The lowest BCUT2D eigenvalue weighted by atomic mass is 10.1. The van der Waals surface area contributed by atoms with Crippen molar-refractivity contribution >= 4 is 42.2 Å². The van der Waals surface area contributed by atoms with E-state index in [1.165, 1.54) is 12.8 Å². The van der Waals surface area contributed by atoms with Gasteiger partial charge in [-0.15, -0.1) is 0 Å². The van der Waals surface area contributed by atoms with Crippen LogP contribution in [0.1, 0.15) is 58.2 Å². The number of hydrogen-bond donors (Lipinski definition) is 1. The normalized spacial score (nSPS) is 22.2. The molecule has 4 atom stereocenters. The summed E-state index contributed by atoms with van der Waals surface area (Å²) < 4.78 is 5.14. The molecule has 1 N–H and O–H groups in total. The summed E-state index contributed by atoms with van der Waals surface area (Å²) in [6.45, 7) is 6.27. The first-order chi connectivity index (χ1) is 23.1. The zero-order chi connectivity index (χ0) is 32.2. The Hall–Kier alpha value is -4.89. The lowest BCUT2D eigenvalue weighted by molar-refractivity contribution is 0.0525. The Morgan fingerprint density at radius 2 is 1.23 bits per heavy atom. The van der Waals surface area contributed by atoms with Crippen molar-refractivity contribution in [1.29, 1.82) is 0 Å². The number of carbonyl (C=O) groups is 1. The van der Waals surface area contributed by atoms with Crippen molar-refractivity contribution in [3.63, 3.8) is 0 Å². The Morgan fingerprint density at radius 1 is 0.745 bits per heavy atom. The minimum Gasteiger partial charge on any atom is -0.462 e. The molecule has 2 saturated carbocycles. The lowest BCUT2D eigenvalue weighted by Gasteiger charge is -2.18. The van der Waals surface area contributed by atoms with E-state index in [9.17, 15) is 9.90 Å². The summed E-state index contributed by atoms with van der Waals surface area (Å²) in [5.41, 5.74) is 4.75. The van der Waals surface area contributed by atoms with Crippen LogP contribution in [0, 0.1) is 23.7 Å². The van der Waals surface area contributed by atoms with E-state index in [4.69, 9.17) is 4.74 Å². The second-order valence-corrected chi connectivity index (χ2v) is 12.7. The molecule has 0 bridgehead atoms. The average molecular weight is 629 g/mol. The monoisotopic (exact) mass is 628 g/mol. The molecule has 4 heterocycles. The second-order valence-electron chi connectivity index (χ2n) is 12.7. The Kier molecular flexibility index (Phi) is 9.06. The summed E-state index contributed by atoms with van der Waals surface area (Å²) in [6, 6.07) is 20.1. The van der Waals surface area contributed by atoms with Crippen LogP contribution in [0.3, 0.4) is 0 Å². The molecule has 0 amide bonds. The van der Waals surface area contributed by atoms with Crippen molar-refractivity contribution < 1.29 is 14.6 Å².